The third-order valence-electron chi connectivity index (χ3n) is 4.66. The zero-order valence-electron chi connectivity index (χ0n) is 11.3. The highest BCUT2D eigenvalue weighted by molar-refractivity contribution is 4.96. The van der Waals surface area contributed by atoms with Crippen LogP contribution in [0.1, 0.15) is 51.9 Å². The van der Waals surface area contributed by atoms with E-state index in [4.69, 9.17) is 10.5 Å². The third-order valence-corrected chi connectivity index (χ3v) is 4.66. The van der Waals surface area contributed by atoms with Gasteiger partial charge in [-0.05, 0) is 38.6 Å². The molecule has 1 atom stereocenters. The van der Waals surface area contributed by atoms with Crippen LogP contribution >= 0.6 is 0 Å². The maximum absolute atomic E-state index is 6.07. The summed E-state index contributed by atoms with van der Waals surface area (Å²) in [5, 5.41) is 0. The molecule has 17 heavy (non-hydrogen) atoms. The molecule has 2 rings (SSSR count). The van der Waals surface area contributed by atoms with Crippen molar-refractivity contribution in [1.29, 1.82) is 0 Å². The Balaban J connectivity index is 1.94. The number of nitrogens with zero attached hydrogens (tertiary/aromatic N) is 1. The Kier molecular flexibility index (Phi) is 4.83. The highest BCUT2D eigenvalue weighted by Crippen LogP contribution is 2.35. The molecule has 2 fully saturated rings. The molecule has 1 saturated heterocycles. The van der Waals surface area contributed by atoms with Crippen LogP contribution in [0.15, 0.2) is 0 Å². The van der Waals surface area contributed by atoms with Crippen molar-refractivity contribution in [3.8, 4) is 0 Å². The lowest BCUT2D eigenvalue weighted by atomic mass is 9.94. The van der Waals surface area contributed by atoms with Crippen molar-refractivity contribution >= 4 is 0 Å². The van der Waals surface area contributed by atoms with Crippen LogP contribution in [0.5, 0.6) is 0 Å². The molecule has 2 N–H and O–H groups in total. The van der Waals surface area contributed by atoms with E-state index in [1.54, 1.807) is 0 Å². The van der Waals surface area contributed by atoms with Gasteiger partial charge in [0.15, 0.2) is 0 Å². The minimum absolute atomic E-state index is 0.287. The first-order chi connectivity index (χ1) is 8.30. The third kappa shape index (κ3) is 3.01. The maximum atomic E-state index is 6.07. The summed E-state index contributed by atoms with van der Waals surface area (Å²) in [4.78, 5) is 2.61. The first-order valence-electron chi connectivity index (χ1n) is 7.37. The minimum atomic E-state index is 0.287. The standard InChI is InChI=1S/C14H28N2O/c1-2-16(11-13-7-3-6-10-17-13)14(12-15)8-4-5-9-14/h13H,2-12,15H2,1H3. The normalized spacial score (nSPS) is 28.8. The van der Waals surface area contributed by atoms with Gasteiger partial charge in [0.1, 0.15) is 0 Å². The van der Waals surface area contributed by atoms with E-state index in [2.05, 4.69) is 11.8 Å². The summed E-state index contributed by atoms with van der Waals surface area (Å²) < 4.78 is 5.88. The highest BCUT2D eigenvalue weighted by atomic mass is 16.5. The Hall–Kier alpha value is -0.120. The molecule has 3 nitrogen and oxygen atoms in total. The van der Waals surface area contributed by atoms with Crippen molar-refractivity contribution in [3.63, 3.8) is 0 Å². The molecule has 0 bridgehead atoms. The molecule has 1 saturated carbocycles. The van der Waals surface area contributed by atoms with Crippen LogP contribution in [-0.2, 0) is 4.74 Å². The molecule has 100 valence electrons. The lowest BCUT2D eigenvalue weighted by Gasteiger charge is -2.42. The molecule has 1 aliphatic carbocycles. The highest BCUT2D eigenvalue weighted by Gasteiger charge is 2.38. The van der Waals surface area contributed by atoms with Crippen molar-refractivity contribution in [2.75, 3.05) is 26.2 Å². The van der Waals surface area contributed by atoms with E-state index < -0.39 is 0 Å². The fraction of sp³-hybridized carbons (Fsp3) is 1.00. The predicted molar refractivity (Wildman–Crippen MR) is 71.1 cm³/mol. The molecule has 2 aliphatic rings. The van der Waals surface area contributed by atoms with E-state index in [1.165, 1.54) is 44.9 Å². The van der Waals surface area contributed by atoms with Gasteiger partial charge in [0.05, 0.1) is 6.10 Å². The summed E-state index contributed by atoms with van der Waals surface area (Å²) in [5.74, 6) is 0. The first-order valence-corrected chi connectivity index (χ1v) is 7.37. The van der Waals surface area contributed by atoms with Crippen LogP contribution in [-0.4, -0.2) is 42.8 Å². The van der Waals surface area contributed by atoms with Crippen molar-refractivity contribution in [1.82, 2.24) is 4.90 Å². The minimum Gasteiger partial charge on any atom is -0.377 e. The first kappa shape index (κ1) is 13.3. The number of hydrogen-bond acceptors (Lipinski definition) is 3. The zero-order chi connectivity index (χ0) is 12.1. The predicted octanol–water partition coefficient (Wildman–Crippen LogP) is 2.15. The molecule has 0 aromatic carbocycles. The quantitative estimate of drug-likeness (QED) is 0.800. The summed E-state index contributed by atoms with van der Waals surface area (Å²) in [6.45, 7) is 6.23. The van der Waals surface area contributed by atoms with Crippen LogP contribution in [0.3, 0.4) is 0 Å². The fourth-order valence-corrected chi connectivity index (χ4v) is 3.54. The van der Waals surface area contributed by atoms with Gasteiger partial charge >= 0.3 is 0 Å². The topological polar surface area (TPSA) is 38.5 Å². The monoisotopic (exact) mass is 240 g/mol. The van der Waals surface area contributed by atoms with E-state index in [1.807, 2.05) is 0 Å². The smallest absolute Gasteiger partial charge is 0.0702 e. The number of nitrogens with two attached hydrogens (primary N) is 1. The Morgan fingerprint density at radius 2 is 2.00 bits per heavy atom. The van der Waals surface area contributed by atoms with E-state index in [0.717, 1.165) is 26.2 Å². The molecule has 0 spiro atoms. The Morgan fingerprint density at radius 3 is 2.53 bits per heavy atom. The van der Waals surface area contributed by atoms with Crippen LogP contribution in [0.2, 0.25) is 0 Å². The molecule has 1 aliphatic heterocycles. The van der Waals surface area contributed by atoms with Crippen LogP contribution in [0.4, 0.5) is 0 Å². The number of likely N-dealkylation sites (N-methyl/N-ethyl adjacent to an activating group) is 1. The summed E-state index contributed by atoms with van der Waals surface area (Å²) in [6.07, 6.45) is 9.51. The van der Waals surface area contributed by atoms with Crippen LogP contribution in [0, 0.1) is 0 Å². The second-order valence-electron chi connectivity index (χ2n) is 5.66. The lowest BCUT2D eigenvalue weighted by Crippen LogP contribution is -2.54. The second-order valence-corrected chi connectivity index (χ2v) is 5.66. The molecule has 0 aromatic heterocycles. The Morgan fingerprint density at radius 1 is 1.24 bits per heavy atom. The molecule has 0 aromatic rings. The Labute approximate surface area is 106 Å². The van der Waals surface area contributed by atoms with E-state index in [9.17, 15) is 0 Å². The van der Waals surface area contributed by atoms with E-state index in [-0.39, 0.29) is 5.54 Å². The van der Waals surface area contributed by atoms with Crippen molar-refractivity contribution < 1.29 is 4.74 Å². The van der Waals surface area contributed by atoms with Gasteiger partial charge < -0.3 is 10.5 Å². The molecular weight excluding hydrogens is 212 g/mol. The van der Waals surface area contributed by atoms with Gasteiger partial charge in [-0.3, -0.25) is 4.90 Å². The summed E-state index contributed by atoms with van der Waals surface area (Å²) in [7, 11) is 0. The number of hydrogen-bond donors (Lipinski definition) is 1. The largest absolute Gasteiger partial charge is 0.377 e. The van der Waals surface area contributed by atoms with Gasteiger partial charge in [-0.15, -0.1) is 0 Å². The van der Waals surface area contributed by atoms with Gasteiger partial charge in [-0.2, -0.15) is 0 Å². The van der Waals surface area contributed by atoms with Crippen molar-refractivity contribution in [3.05, 3.63) is 0 Å². The van der Waals surface area contributed by atoms with Gasteiger partial charge in [0.25, 0.3) is 0 Å². The number of rotatable bonds is 5. The Bertz CT molecular complexity index is 220. The van der Waals surface area contributed by atoms with E-state index >= 15 is 0 Å². The van der Waals surface area contributed by atoms with Gasteiger partial charge in [-0.25, -0.2) is 0 Å². The van der Waals surface area contributed by atoms with Crippen molar-refractivity contribution in [2.45, 2.75) is 63.5 Å². The van der Waals surface area contributed by atoms with Crippen LogP contribution in [0.25, 0.3) is 0 Å². The van der Waals surface area contributed by atoms with Gasteiger partial charge in [0.2, 0.25) is 0 Å². The average molecular weight is 240 g/mol. The molecule has 0 amide bonds. The second kappa shape index (κ2) is 6.17. The molecule has 1 heterocycles. The molecule has 0 radical (unpaired) electrons. The van der Waals surface area contributed by atoms with Gasteiger partial charge in [-0.1, -0.05) is 19.8 Å². The summed E-state index contributed by atoms with van der Waals surface area (Å²) >= 11 is 0. The van der Waals surface area contributed by atoms with Crippen LogP contribution < -0.4 is 5.73 Å². The summed E-state index contributed by atoms with van der Waals surface area (Å²) in [6, 6.07) is 0. The maximum Gasteiger partial charge on any atom is 0.0702 e. The molecular formula is C14H28N2O. The van der Waals surface area contributed by atoms with E-state index in [0.29, 0.717) is 6.10 Å². The molecule has 3 heteroatoms. The van der Waals surface area contributed by atoms with Crippen molar-refractivity contribution in [2.24, 2.45) is 5.73 Å². The van der Waals surface area contributed by atoms with Gasteiger partial charge in [0, 0.05) is 25.2 Å². The lowest BCUT2D eigenvalue weighted by molar-refractivity contribution is -0.0284. The number of ether oxygens (including phenoxy) is 1. The zero-order valence-corrected chi connectivity index (χ0v) is 11.3. The summed E-state index contributed by atoms with van der Waals surface area (Å²) in [5.41, 5.74) is 6.36. The molecule has 1 unspecified atom stereocenters. The SMILES string of the molecule is CCN(CC1CCCCO1)C1(CN)CCCC1. The fourth-order valence-electron chi connectivity index (χ4n) is 3.54. The average Bonchev–Trinajstić information content (AvgIpc) is 2.87.